The summed E-state index contributed by atoms with van der Waals surface area (Å²) in [5, 5.41) is 16.2. The zero-order valence-electron chi connectivity index (χ0n) is 20.1. The minimum atomic E-state index is -1.39. The van der Waals surface area contributed by atoms with Crippen molar-refractivity contribution in [3.05, 3.63) is 72.3 Å². The number of nitrogens with zero attached hydrogens (tertiary/aromatic N) is 3. The fourth-order valence-electron chi connectivity index (χ4n) is 3.40. The number of carbonyl (C=O) groups is 3. The molecule has 3 rings (SSSR count). The third kappa shape index (κ3) is 6.87. The van der Waals surface area contributed by atoms with Gasteiger partial charge in [0.2, 0.25) is 0 Å². The maximum atomic E-state index is 14.4. The second-order valence-electron chi connectivity index (χ2n) is 8.85. The van der Waals surface area contributed by atoms with Crippen LogP contribution in [0.25, 0.3) is 11.3 Å². The number of nitrogens with one attached hydrogen (secondary N) is 1. The number of hydrogen-bond donors (Lipinski definition) is 2. The SMILES string of the molecule is CC(C)(C)OC(=O)NC(CC=CCCC(=O)c1ccon1)c1ncc(-c2ccccc2F)n1C(=O)O. The van der Waals surface area contributed by atoms with Crippen LogP contribution in [0.5, 0.6) is 0 Å². The van der Waals surface area contributed by atoms with E-state index in [0.29, 0.717) is 6.42 Å². The van der Waals surface area contributed by atoms with Crippen molar-refractivity contribution in [1.29, 1.82) is 0 Å². The Morgan fingerprint density at radius 3 is 2.61 bits per heavy atom. The second kappa shape index (κ2) is 11.4. The first-order valence-electron chi connectivity index (χ1n) is 11.2. The molecule has 0 bridgehead atoms. The van der Waals surface area contributed by atoms with Crippen LogP contribution in [0.4, 0.5) is 14.0 Å². The van der Waals surface area contributed by atoms with Crippen LogP contribution < -0.4 is 5.32 Å². The molecule has 1 amide bonds. The Balaban J connectivity index is 1.84. The van der Waals surface area contributed by atoms with Gasteiger partial charge in [0.15, 0.2) is 5.78 Å². The van der Waals surface area contributed by atoms with Crippen molar-refractivity contribution in [2.75, 3.05) is 0 Å². The van der Waals surface area contributed by atoms with Crippen LogP contribution in [0.2, 0.25) is 0 Å². The van der Waals surface area contributed by atoms with Gasteiger partial charge in [-0.2, -0.15) is 0 Å². The van der Waals surface area contributed by atoms with E-state index >= 15 is 0 Å². The van der Waals surface area contributed by atoms with Crippen LogP contribution in [0.15, 0.2) is 59.5 Å². The van der Waals surface area contributed by atoms with E-state index in [9.17, 15) is 23.9 Å². The normalized spacial score (nSPS) is 12.4. The molecular weight excluding hydrogens is 471 g/mol. The molecular formula is C25H27FN4O6. The quantitative estimate of drug-likeness (QED) is 0.296. The summed E-state index contributed by atoms with van der Waals surface area (Å²) in [6.45, 7) is 5.09. The van der Waals surface area contributed by atoms with Crippen molar-refractivity contribution in [2.24, 2.45) is 0 Å². The molecule has 0 radical (unpaired) electrons. The number of hydrogen-bond acceptors (Lipinski definition) is 7. The van der Waals surface area contributed by atoms with Gasteiger partial charge in [-0.3, -0.25) is 4.79 Å². The lowest BCUT2D eigenvalue weighted by Gasteiger charge is -2.23. The maximum Gasteiger partial charge on any atom is 0.417 e. The van der Waals surface area contributed by atoms with Crippen molar-refractivity contribution in [2.45, 2.75) is 51.7 Å². The molecule has 2 heterocycles. The van der Waals surface area contributed by atoms with E-state index in [4.69, 9.17) is 4.74 Å². The molecule has 36 heavy (non-hydrogen) atoms. The molecule has 0 aliphatic rings. The van der Waals surface area contributed by atoms with E-state index in [2.05, 4.69) is 20.0 Å². The lowest BCUT2D eigenvalue weighted by molar-refractivity contribution is 0.0500. The average molecular weight is 499 g/mol. The number of alkyl carbamates (subject to hydrolysis) is 1. The lowest BCUT2D eigenvalue weighted by Crippen LogP contribution is -2.36. The number of aromatic nitrogens is 3. The molecule has 2 N–H and O–H groups in total. The molecule has 1 atom stereocenters. The lowest BCUT2D eigenvalue weighted by atomic mass is 10.1. The van der Waals surface area contributed by atoms with Crippen molar-refractivity contribution >= 4 is 18.0 Å². The van der Waals surface area contributed by atoms with Crippen LogP contribution in [-0.4, -0.2) is 43.4 Å². The standard InChI is InChI=1S/C25H27FN4O6/c1-25(2,3)36-23(32)28-19(11-5-4-6-12-21(31)18-13-14-35-29-18)22-27-15-20(30(22)24(33)34)16-9-7-8-10-17(16)26/h4-5,7-10,13-15,19H,6,11-12H2,1-3H3,(H,28,32)(H,33,34). The van der Waals surface area contributed by atoms with Crippen molar-refractivity contribution in [3.8, 4) is 11.3 Å². The predicted molar refractivity (Wildman–Crippen MR) is 127 cm³/mol. The number of carboxylic acid groups (broad SMARTS) is 1. The highest BCUT2D eigenvalue weighted by atomic mass is 19.1. The smallest absolute Gasteiger partial charge is 0.417 e. The number of ether oxygens (including phenoxy) is 1. The molecule has 10 nitrogen and oxygen atoms in total. The molecule has 190 valence electrons. The van der Waals surface area contributed by atoms with Crippen molar-refractivity contribution in [3.63, 3.8) is 0 Å². The summed E-state index contributed by atoms with van der Waals surface area (Å²) in [5.74, 6) is -0.817. The van der Waals surface area contributed by atoms with Crippen LogP contribution in [0.3, 0.4) is 0 Å². The number of ketones is 1. The third-order valence-corrected chi connectivity index (χ3v) is 4.93. The Morgan fingerprint density at radius 1 is 1.22 bits per heavy atom. The maximum absolute atomic E-state index is 14.4. The summed E-state index contributed by atoms with van der Waals surface area (Å²) < 4.78 is 25.2. The molecule has 2 aromatic heterocycles. The minimum absolute atomic E-state index is 0.0186. The fraction of sp³-hybridized carbons (Fsp3) is 0.320. The highest BCUT2D eigenvalue weighted by Gasteiger charge is 2.27. The van der Waals surface area contributed by atoms with Gasteiger partial charge < -0.3 is 19.7 Å². The number of benzene rings is 1. The van der Waals surface area contributed by atoms with Gasteiger partial charge in [-0.1, -0.05) is 29.4 Å². The van der Waals surface area contributed by atoms with E-state index in [0.717, 1.165) is 4.57 Å². The number of imidazole rings is 1. The first kappa shape index (κ1) is 26.3. The summed E-state index contributed by atoms with van der Waals surface area (Å²) in [6.07, 6.45) is 4.54. The monoisotopic (exact) mass is 498 g/mol. The number of allylic oxidation sites excluding steroid dienone is 1. The minimum Gasteiger partial charge on any atom is -0.464 e. The molecule has 0 aliphatic carbocycles. The Labute approximate surface area is 206 Å². The van der Waals surface area contributed by atoms with Gasteiger partial charge in [0, 0.05) is 18.1 Å². The van der Waals surface area contributed by atoms with Gasteiger partial charge in [-0.05, 0) is 45.7 Å². The number of carbonyl (C=O) groups excluding carboxylic acids is 2. The average Bonchev–Trinajstić information content (AvgIpc) is 3.47. The summed E-state index contributed by atoms with van der Waals surface area (Å²) in [7, 11) is 0. The van der Waals surface area contributed by atoms with Crippen LogP contribution >= 0.6 is 0 Å². The number of halogens is 1. The van der Waals surface area contributed by atoms with Gasteiger partial charge in [-0.15, -0.1) is 0 Å². The van der Waals surface area contributed by atoms with Gasteiger partial charge in [0.05, 0.1) is 17.9 Å². The van der Waals surface area contributed by atoms with E-state index in [1.54, 1.807) is 39.0 Å². The summed E-state index contributed by atoms with van der Waals surface area (Å²) in [6, 6.07) is 6.29. The molecule has 3 aromatic rings. The number of amides is 1. The van der Waals surface area contributed by atoms with Gasteiger partial charge in [-0.25, -0.2) is 23.5 Å². The first-order chi connectivity index (χ1) is 17.1. The fourth-order valence-corrected chi connectivity index (χ4v) is 3.40. The number of Topliss-reactive ketones (excluding diaryl/α,β-unsaturated/α-hetero) is 1. The molecule has 1 unspecified atom stereocenters. The molecule has 0 spiro atoms. The molecule has 11 heteroatoms. The summed E-state index contributed by atoms with van der Waals surface area (Å²) in [5.41, 5.74) is -0.477. The number of rotatable bonds is 9. The van der Waals surface area contributed by atoms with Gasteiger partial charge >= 0.3 is 12.2 Å². The van der Waals surface area contributed by atoms with Crippen molar-refractivity contribution < 1.29 is 33.1 Å². The zero-order valence-corrected chi connectivity index (χ0v) is 20.1. The van der Waals surface area contributed by atoms with E-state index in [1.807, 2.05) is 0 Å². The Hall–Kier alpha value is -4.28. The van der Waals surface area contributed by atoms with Crippen LogP contribution in [0.1, 0.15) is 62.4 Å². The summed E-state index contributed by atoms with van der Waals surface area (Å²) >= 11 is 0. The third-order valence-electron chi connectivity index (χ3n) is 4.93. The van der Waals surface area contributed by atoms with Gasteiger partial charge in [0.1, 0.15) is 29.2 Å². The molecule has 0 saturated heterocycles. The van der Waals surface area contributed by atoms with Gasteiger partial charge in [0.25, 0.3) is 0 Å². The molecule has 0 aliphatic heterocycles. The zero-order chi connectivity index (χ0) is 26.3. The van der Waals surface area contributed by atoms with Crippen LogP contribution in [-0.2, 0) is 4.74 Å². The van der Waals surface area contributed by atoms with E-state index < -0.39 is 29.6 Å². The first-order valence-corrected chi connectivity index (χ1v) is 11.2. The molecule has 0 fully saturated rings. The van der Waals surface area contributed by atoms with E-state index in [1.165, 1.54) is 36.7 Å². The molecule has 1 aromatic carbocycles. The highest BCUT2D eigenvalue weighted by Crippen LogP contribution is 2.27. The second-order valence-corrected chi connectivity index (χ2v) is 8.85. The van der Waals surface area contributed by atoms with Crippen LogP contribution in [0, 0.1) is 5.82 Å². The Bertz CT molecular complexity index is 1240. The highest BCUT2D eigenvalue weighted by molar-refractivity contribution is 5.94. The van der Waals surface area contributed by atoms with Crippen molar-refractivity contribution in [1.82, 2.24) is 20.0 Å². The Morgan fingerprint density at radius 2 is 1.97 bits per heavy atom. The van der Waals surface area contributed by atoms with E-state index in [-0.39, 0.29) is 41.4 Å². The largest absolute Gasteiger partial charge is 0.464 e. The predicted octanol–water partition coefficient (Wildman–Crippen LogP) is 5.38. The molecule has 0 saturated carbocycles. The topological polar surface area (TPSA) is 137 Å². The Kier molecular flexibility index (Phi) is 8.36. The summed E-state index contributed by atoms with van der Waals surface area (Å²) in [4.78, 5) is 40.9.